The summed E-state index contributed by atoms with van der Waals surface area (Å²) in [4.78, 5) is 24.8. The van der Waals surface area contributed by atoms with Gasteiger partial charge in [-0.15, -0.1) is 0 Å². The molecular weight excluding hydrogens is 278 g/mol. The van der Waals surface area contributed by atoms with Crippen molar-refractivity contribution in [2.75, 3.05) is 13.1 Å². The number of halogens is 2. The number of carbonyl (C=O) groups excluding carboxylic acids is 2. The zero-order valence-electron chi connectivity index (χ0n) is 12.5. The molecule has 116 valence electrons. The molecule has 1 aromatic carbocycles. The largest absolute Gasteiger partial charge is 0.352 e. The second kappa shape index (κ2) is 7.71. The maximum atomic E-state index is 13.0. The number of carbonyl (C=O) groups is 2. The van der Waals surface area contributed by atoms with Gasteiger partial charge in [-0.2, -0.15) is 0 Å². The lowest BCUT2D eigenvalue weighted by Crippen LogP contribution is -2.37. The monoisotopic (exact) mass is 298 g/mol. The summed E-state index contributed by atoms with van der Waals surface area (Å²) in [6.45, 7) is 6.22. The second-order valence-corrected chi connectivity index (χ2v) is 5.04. The Labute approximate surface area is 123 Å². The van der Waals surface area contributed by atoms with Gasteiger partial charge in [0.05, 0.1) is 0 Å². The molecule has 4 nitrogen and oxygen atoms in total. The predicted molar refractivity (Wildman–Crippen MR) is 75.8 cm³/mol. The number of hydrogen-bond donors (Lipinski definition) is 1. The van der Waals surface area contributed by atoms with Crippen LogP contribution in [0.5, 0.6) is 0 Å². The van der Waals surface area contributed by atoms with Crippen LogP contribution in [0.25, 0.3) is 0 Å². The molecule has 6 heteroatoms. The van der Waals surface area contributed by atoms with E-state index < -0.39 is 17.5 Å². The molecule has 21 heavy (non-hydrogen) atoms. The summed E-state index contributed by atoms with van der Waals surface area (Å²) in [7, 11) is 0. The normalized spacial score (nSPS) is 10.6. The van der Waals surface area contributed by atoms with Gasteiger partial charge in [0.1, 0.15) is 0 Å². The fourth-order valence-corrected chi connectivity index (χ4v) is 1.97. The van der Waals surface area contributed by atoms with Crippen LogP contribution in [0.3, 0.4) is 0 Å². The van der Waals surface area contributed by atoms with Crippen LogP contribution in [-0.4, -0.2) is 35.8 Å². The lowest BCUT2D eigenvalue weighted by molar-refractivity contribution is -0.130. The molecule has 0 spiro atoms. The lowest BCUT2D eigenvalue weighted by Gasteiger charge is -2.25. The number of amides is 2. The van der Waals surface area contributed by atoms with Crippen molar-refractivity contribution in [3.63, 3.8) is 0 Å². The molecule has 2 amide bonds. The Bertz CT molecular complexity index is 518. The highest BCUT2D eigenvalue weighted by molar-refractivity contribution is 5.94. The van der Waals surface area contributed by atoms with Crippen LogP contribution < -0.4 is 5.32 Å². The maximum Gasteiger partial charge on any atom is 0.251 e. The Morgan fingerprint density at radius 1 is 1.24 bits per heavy atom. The average Bonchev–Trinajstić information content (AvgIpc) is 2.40. The van der Waals surface area contributed by atoms with E-state index in [2.05, 4.69) is 5.32 Å². The van der Waals surface area contributed by atoms with Crippen molar-refractivity contribution in [1.82, 2.24) is 10.2 Å². The van der Waals surface area contributed by atoms with Gasteiger partial charge in [0.25, 0.3) is 5.91 Å². The van der Waals surface area contributed by atoms with Crippen LogP contribution in [0.4, 0.5) is 8.78 Å². The summed E-state index contributed by atoms with van der Waals surface area (Å²) in [6.07, 6.45) is 0.590. The molecule has 0 aliphatic rings. The zero-order valence-corrected chi connectivity index (χ0v) is 12.5. The van der Waals surface area contributed by atoms with E-state index in [0.717, 1.165) is 12.1 Å². The van der Waals surface area contributed by atoms with Crippen molar-refractivity contribution >= 4 is 11.8 Å². The summed E-state index contributed by atoms with van der Waals surface area (Å²) in [5, 5.41) is 2.61. The highest BCUT2D eigenvalue weighted by Crippen LogP contribution is 2.08. The van der Waals surface area contributed by atoms with Gasteiger partial charge in [-0.05, 0) is 38.5 Å². The van der Waals surface area contributed by atoms with E-state index in [9.17, 15) is 18.4 Å². The van der Waals surface area contributed by atoms with Crippen molar-refractivity contribution in [2.45, 2.75) is 33.2 Å². The smallest absolute Gasteiger partial charge is 0.251 e. The van der Waals surface area contributed by atoms with E-state index in [4.69, 9.17) is 0 Å². The molecule has 0 saturated heterocycles. The minimum atomic E-state index is -1.05. The van der Waals surface area contributed by atoms with Crippen LogP contribution in [0.15, 0.2) is 18.2 Å². The summed E-state index contributed by atoms with van der Waals surface area (Å²) in [5.41, 5.74) is 0.0705. The van der Waals surface area contributed by atoms with E-state index in [0.29, 0.717) is 19.5 Å². The second-order valence-electron chi connectivity index (χ2n) is 5.04. The summed E-state index contributed by atoms with van der Waals surface area (Å²) >= 11 is 0. The molecule has 0 radical (unpaired) electrons. The van der Waals surface area contributed by atoms with Gasteiger partial charge in [-0.25, -0.2) is 8.78 Å². The molecule has 0 saturated carbocycles. The van der Waals surface area contributed by atoms with Gasteiger partial charge in [0, 0.05) is 31.6 Å². The first kappa shape index (κ1) is 17.1. The van der Waals surface area contributed by atoms with Crippen LogP contribution in [0.1, 0.15) is 37.6 Å². The highest BCUT2D eigenvalue weighted by Gasteiger charge is 2.12. The first-order valence-electron chi connectivity index (χ1n) is 6.83. The van der Waals surface area contributed by atoms with E-state index >= 15 is 0 Å². The van der Waals surface area contributed by atoms with Crippen LogP contribution in [0.2, 0.25) is 0 Å². The van der Waals surface area contributed by atoms with E-state index in [-0.39, 0.29) is 17.5 Å². The van der Waals surface area contributed by atoms with E-state index in [1.54, 1.807) is 4.90 Å². The van der Waals surface area contributed by atoms with E-state index in [1.807, 2.05) is 13.8 Å². The summed E-state index contributed by atoms with van der Waals surface area (Å²) < 4.78 is 25.8. The number of benzene rings is 1. The topological polar surface area (TPSA) is 49.4 Å². The van der Waals surface area contributed by atoms with Gasteiger partial charge in [0.2, 0.25) is 5.91 Å². The quantitative estimate of drug-likeness (QED) is 0.820. The van der Waals surface area contributed by atoms with Gasteiger partial charge in [-0.3, -0.25) is 9.59 Å². The molecule has 1 N–H and O–H groups in total. The van der Waals surface area contributed by atoms with Crippen molar-refractivity contribution in [3.8, 4) is 0 Å². The third-order valence-corrected chi connectivity index (χ3v) is 3.07. The van der Waals surface area contributed by atoms with Gasteiger partial charge < -0.3 is 10.2 Å². The molecule has 0 aliphatic heterocycles. The average molecular weight is 298 g/mol. The molecule has 0 aliphatic carbocycles. The standard InChI is InChI=1S/C15H20F2N2O2/c1-10(2)19(11(3)20)8-4-7-18-15(21)12-5-6-13(16)14(17)9-12/h5-6,9-10H,4,7-8H2,1-3H3,(H,18,21). The van der Waals surface area contributed by atoms with Gasteiger partial charge in [0.15, 0.2) is 11.6 Å². The van der Waals surface area contributed by atoms with Crippen molar-refractivity contribution in [2.24, 2.45) is 0 Å². The Kier molecular flexibility index (Phi) is 6.27. The molecule has 0 fully saturated rings. The fraction of sp³-hybridized carbons (Fsp3) is 0.467. The Hall–Kier alpha value is -1.98. The third-order valence-electron chi connectivity index (χ3n) is 3.07. The molecule has 1 rings (SSSR count). The molecule has 0 unspecified atom stereocenters. The number of nitrogens with zero attached hydrogens (tertiary/aromatic N) is 1. The SMILES string of the molecule is CC(=O)N(CCCNC(=O)c1ccc(F)c(F)c1)C(C)C. The van der Waals surface area contributed by atoms with Crippen molar-refractivity contribution in [3.05, 3.63) is 35.4 Å². The third kappa shape index (κ3) is 5.13. The number of nitrogens with one attached hydrogen (secondary N) is 1. The summed E-state index contributed by atoms with van der Waals surface area (Å²) in [6, 6.07) is 3.11. The minimum Gasteiger partial charge on any atom is -0.352 e. The van der Waals surface area contributed by atoms with Crippen LogP contribution >= 0.6 is 0 Å². The van der Waals surface area contributed by atoms with E-state index in [1.165, 1.54) is 13.0 Å². The van der Waals surface area contributed by atoms with Crippen molar-refractivity contribution in [1.29, 1.82) is 0 Å². The molecular formula is C15H20F2N2O2. The molecule has 0 bridgehead atoms. The number of rotatable bonds is 6. The highest BCUT2D eigenvalue weighted by atomic mass is 19.2. The Balaban J connectivity index is 2.43. The molecule has 0 heterocycles. The van der Waals surface area contributed by atoms with Gasteiger partial charge >= 0.3 is 0 Å². The van der Waals surface area contributed by atoms with Gasteiger partial charge in [-0.1, -0.05) is 0 Å². The van der Waals surface area contributed by atoms with Crippen molar-refractivity contribution < 1.29 is 18.4 Å². The summed E-state index contributed by atoms with van der Waals surface area (Å²) in [5.74, 6) is -2.52. The maximum absolute atomic E-state index is 13.0. The Morgan fingerprint density at radius 2 is 1.90 bits per heavy atom. The molecule has 0 atom stereocenters. The first-order chi connectivity index (χ1) is 9.82. The Morgan fingerprint density at radius 3 is 2.43 bits per heavy atom. The zero-order chi connectivity index (χ0) is 16.0. The molecule has 1 aromatic rings. The lowest BCUT2D eigenvalue weighted by atomic mass is 10.2. The first-order valence-corrected chi connectivity index (χ1v) is 6.83. The van der Waals surface area contributed by atoms with Crippen LogP contribution in [0, 0.1) is 11.6 Å². The predicted octanol–water partition coefficient (Wildman–Crippen LogP) is 2.34. The van der Waals surface area contributed by atoms with Crippen LogP contribution in [-0.2, 0) is 4.79 Å². The number of hydrogen-bond acceptors (Lipinski definition) is 2. The molecule has 0 aromatic heterocycles. The minimum absolute atomic E-state index is 0.0167. The fourth-order valence-electron chi connectivity index (χ4n) is 1.97.